The van der Waals surface area contributed by atoms with Gasteiger partial charge in [0.2, 0.25) is 0 Å². The molecule has 5 nitrogen and oxygen atoms in total. The molecule has 0 radical (unpaired) electrons. The van der Waals surface area contributed by atoms with Crippen LogP contribution in [0.1, 0.15) is 58.4 Å². The van der Waals surface area contributed by atoms with Crippen LogP contribution >= 0.6 is 23.1 Å². The quantitative estimate of drug-likeness (QED) is 0.351. The summed E-state index contributed by atoms with van der Waals surface area (Å²) in [6.07, 6.45) is 5.68. The molecule has 2 N–H and O–H groups in total. The van der Waals surface area contributed by atoms with Crippen molar-refractivity contribution in [3.8, 4) is 0 Å². The molecule has 0 bridgehead atoms. The highest BCUT2D eigenvalue weighted by atomic mass is 32.2. The third-order valence-corrected chi connectivity index (χ3v) is 7.51. The fourth-order valence-corrected chi connectivity index (χ4v) is 6.15. The lowest BCUT2D eigenvalue weighted by atomic mass is 9.97. The van der Waals surface area contributed by atoms with E-state index in [1.54, 1.807) is 11.3 Å². The second kappa shape index (κ2) is 7.87. The highest BCUT2D eigenvalue weighted by molar-refractivity contribution is 7.99. The number of fused-ring (bicyclic) bond motifs is 3. The first-order valence-electron chi connectivity index (χ1n) is 9.90. The Bertz CT molecular complexity index is 1050. The molecule has 3 aromatic heterocycles. The van der Waals surface area contributed by atoms with Gasteiger partial charge in [-0.15, -0.1) is 11.3 Å². The van der Waals surface area contributed by atoms with Crippen LogP contribution in [0.2, 0.25) is 0 Å². The molecule has 0 saturated heterocycles. The summed E-state index contributed by atoms with van der Waals surface area (Å²) in [6, 6.07) is 2.00. The third kappa shape index (κ3) is 3.46. The topological polar surface area (TPSA) is 73.8 Å². The first-order chi connectivity index (χ1) is 13.5. The van der Waals surface area contributed by atoms with Gasteiger partial charge in [-0.3, -0.25) is 4.79 Å². The smallest absolute Gasteiger partial charge is 0.191 e. The number of aromatic nitrogens is 3. The summed E-state index contributed by atoms with van der Waals surface area (Å²) in [5.74, 6) is 1.00. The normalized spacial score (nSPS) is 13.8. The van der Waals surface area contributed by atoms with Gasteiger partial charge in [-0.05, 0) is 57.6 Å². The van der Waals surface area contributed by atoms with Gasteiger partial charge in [-0.25, -0.2) is 9.97 Å². The second-order valence-corrected chi connectivity index (χ2v) is 9.46. The molecule has 0 fully saturated rings. The van der Waals surface area contributed by atoms with E-state index < -0.39 is 0 Å². The summed E-state index contributed by atoms with van der Waals surface area (Å²) in [4.78, 5) is 24.4. The summed E-state index contributed by atoms with van der Waals surface area (Å²) in [5, 5.41) is 1.64. The number of hydrogen-bond donors (Lipinski definition) is 1. The molecule has 1 aliphatic carbocycles. The molecule has 28 heavy (non-hydrogen) atoms. The van der Waals surface area contributed by atoms with Crippen LogP contribution in [0.3, 0.4) is 0 Å². The van der Waals surface area contributed by atoms with Gasteiger partial charge in [0, 0.05) is 28.4 Å². The standard InChI is InChI=1S/C21H26N4OS2/c1-4-9-25-12(2)10-15(13(25)3)16(26)11-27-21-23-19(22)18-14-7-5-6-8-17(14)28-20(18)24-21/h10H,4-9,11H2,1-3H3,(H2,22,23,24). The lowest BCUT2D eigenvalue weighted by Gasteiger charge is -2.10. The number of nitrogen functional groups attached to an aromatic ring is 1. The number of hydrogen-bond acceptors (Lipinski definition) is 6. The van der Waals surface area contributed by atoms with E-state index in [4.69, 9.17) is 10.7 Å². The fraction of sp³-hybridized carbons (Fsp3) is 0.476. The molecule has 0 spiro atoms. The van der Waals surface area contributed by atoms with Crippen molar-refractivity contribution in [3.63, 3.8) is 0 Å². The van der Waals surface area contributed by atoms with Crippen LogP contribution in [-0.2, 0) is 19.4 Å². The van der Waals surface area contributed by atoms with Gasteiger partial charge in [0.15, 0.2) is 10.9 Å². The van der Waals surface area contributed by atoms with Gasteiger partial charge in [0.05, 0.1) is 11.1 Å². The maximum Gasteiger partial charge on any atom is 0.191 e. The van der Waals surface area contributed by atoms with Gasteiger partial charge in [-0.2, -0.15) is 0 Å². The van der Waals surface area contributed by atoms with Crippen LogP contribution in [0, 0.1) is 13.8 Å². The number of rotatable bonds is 6. The number of Topliss-reactive ketones (excluding diaryl/α,β-unsaturated/α-hetero) is 1. The van der Waals surface area contributed by atoms with Crippen molar-refractivity contribution in [3.05, 3.63) is 33.5 Å². The van der Waals surface area contributed by atoms with Crippen molar-refractivity contribution in [2.24, 2.45) is 0 Å². The first-order valence-corrected chi connectivity index (χ1v) is 11.7. The lowest BCUT2D eigenvalue weighted by Crippen LogP contribution is -2.07. The van der Waals surface area contributed by atoms with Crippen molar-refractivity contribution < 1.29 is 4.79 Å². The zero-order chi connectivity index (χ0) is 19.8. The van der Waals surface area contributed by atoms with Gasteiger partial charge >= 0.3 is 0 Å². The molecule has 7 heteroatoms. The molecule has 0 aromatic carbocycles. The van der Waals surface area contributed by atoms with Crippen LogP contribution in [0.5, 0.6) is 0 Å². The number of ketones is 1. The Hall–Kier alpha value is -1.86. The molecule has 3 aromatic rings. The number of carbonyl (C=O) groups excluding carboxylic acids is 1. The van der Waals surface area contributed by atoms with Crippen LogP contribution in [0.4, 0.5) is 5.82 Å². The van der Waals surface area contributed by atoms with Crippen LogP contribution < -0.4 is 5.73 Å². The van der Waals surface area contributed by atoms with Crippen molar-refractivity contribution in [1.82, 2.24) is 14.5 Å². The molecule has 148 valence electrons. The average Bonchev–Trinajstić information content (AvgIpc) is 3.19. The molecule has 0 aliphatic heterocycles. The largest absolute Gasteiger partial charge is 0.383 e. The Morgan fingerprint density at radius 2 is 2.07 bits per heavy atom. The summed E-state index contributed by atoms with van der Waals surface area (Å²) in [7, 11) is 0. The Kier molecular flexibility index (Phi) is 5.47. The van der Waals surface area contributed by atoms with E-state index in [1.807, 2.05) is 13.0 Å². The Balaban J connectivity index is 1.54. The molecular weight excluding hydrogens is 388 g/mol. The molecule has 0 saturated carbocycles. The number of nitrogens with two attached hydrogens (primary N) is 1. The highest BCUT2D eigenvalue weighted by Crippen LogP contribution is 2.38. The molecule has 3 heterocycles. The number of anilines is 1. The fourth-order valence-electron chi connectivity index (χ4n) is 4.09. The molecule has 1 aliphatic rings. The second-order valence-electron chi connectivity index (χ2n) is 7.43. The van der Waals surface area contributed by atoms with E-state index in [0.29, 0.717) is 16.7 Å². The first kappa shape index (κ1) is 19.5. The van der Waals surface area contributed by atoms with Crippen molar-refractivity contribution in [2.45, 2.75) is 64.6 Å². The van der Waals surface area contributed by atoms with Crippen LogP contribution in [-0.4, -0.2) is 26.1 Å². The minimum absolute atomic E-state index is 0.119. The molecule has 0 amide bonds. The van der Waals surface area contributed by atoms with Crippen LogP contribution in [0.15, 0.2) is 11.2 Å². The maximum atomic E-state index is 12.8. The minimum atomic E-state index is 0.119. The number of carbonyl (C=O) groups is 1. The number of nitrogens with zero attached hydrogens (tertiary/aromatic N) is 3. The van der Waals surface area contributed by atoms with Gasteiger partial charge in [0.1, 0.15) is 10.6 Å². The molecule has 4 rings (SSSR count). The van der Waals surface area contributed by atoms with E-state index in [0.717, 1.165) is 53.0 Å². The summed E-state index contributed by atoms with van der Waals surface area (Å²) in [5.41, 5.74) is 10.6. The molecular formula is C21H26N4OS2. The Labute approximate surface area is 173 Å². The van der Waals surface area contributed by atoms with E-state index >= 15 is 0 Å². The summed E-state index contributed by atoms with van der Waals surface area (Å²) < 4.78 is 2.22. The minimum Gasteiger partial charge on any atom is -0.383 e. The van der Waals surface area contributed by atoms with E-state index in [-0.39, 0.29) is 5.78 Å². The third-order valence-electron chi connectivity index (χ3n) is 5.48. The number of thiophene rings is 1. The molecule has 0 unspecified atom stereocenters. The van der Waals surface area contributed by atoms with Crippen molar-refractivity contribution >= 4 is 44.9 Å². The summed E-state index contributed by atoms with van der Waals surface area (Å²) >= 11 is 3.12. The lowest BCUT2D eigenvalue weighted by molar-refractivity contribution is 0.102. The number of thioether (sulfide) groups is 1. The monoisotopic (exact) mass is 414 g/mol. The average molecular weight is 415 g/mol. The van der Waals surface area contributed by atoms with E-state index in [9.17, 15) is 4.79 Å². The van der Waals surface area contributed by atoms with Gasteiger partial charge in [-0.1, -0.05) is 18.7 Å². The molecule has 0 atom stereocenters. The maximum absolute atomic E-state index is 12.8. The number of aryl methyl sites for hydroxylation is 3. The Morgan fingerprint density at radius 3 is 2.86 bits per heavy atom. The van der Waals surface area contributed by atoms with Crippen molar-refractivity contribution in [1.29, 1.82) is 0 Å². The van der Waals surface area contributed by atoms with E-state index in [2.05, 4.69) is 23.4 Å². The van der Waals surface area contributed by atoms with Gasteiger partial charge < -0.3 is 10.3 Å². The Morgan fingerprint density at radius 1 is 1.29 bits per heavy atom. The van der Waals surface area contributed by atoms with Crippen LogP contribution in [0.25, 0.3) is 10.2 Å². The van der Waals surface area contributed by atoms with Gasteiger partial charge in [0.25, 0.3) is 0 Å². The van der Waals surface area contributed by atoms with E-state index in [1.165, 1.54) is 35.0 Å². The SMILES string of the molecule is CCCn1c(C)cc(C(=O)CSc2nc(N)c3c4c(sc3n2)CCCC4)c1C. The predicted molar refractivity (Wildman–Crippen MR) is 118 cm³/mol. The summed E-state index contributed by atoms with van der Waals surface area (Å²) in [6.45, 7) is 7.17. The highest BCUT2D eigenvalue weighted by Gasteiger charge is 2.21. The van der Waals surface area contributed by atoms with Crippen molar-refractivity contribution in [2.75, 3.05) is 11.5 Å². The zero-order valence-electron chi connectivity index (χ0n) is 16.7. The zero-order valence-corrected chi connectivity index (χ0v) is 18.3. The predicted octanol–water partition coefficient (Wildman–Crippen LogP) is 4.96.